The summed E-state index contributed by atoms with van der Waals surface area (Å²) in [7, 11) is 1.64. The average Bonchev–Trinajstić information content (AvgIpc) is 3.08. The van der Waals surface area contributed by atoms with Crippen LogP contribution in [0.25, 0.3) is 0 Å². The summed E-state index contributed by atoms with van der Waals surface area (Å²) in [5.74, 6) is 0.0880. The fourth-order valence-electron chi connectivity index (χ4n) is 3.60. The molecule has 1 fully saturated rings. The first-order valence-corrected chi connectivity index (χ1v) is 10.1. The normalized spacial score (nSPS) is 21.7. The van der Waals surface area contributed by atoms with Crippen LogP contribution in [0.2, 0.25) is 0 Å². The van der Waals surface area contributed by atoms with Crippen LogP contribution < -0.4 is 4.74 Å². The Morgan fingerprint density at radius 3 is 2.28 bits per heavy atom. The zero-order chi connectivity index (χ0) is 21.1. The SMILES string of the molecule is COc1ccc([C@@H](OC[C@@](O)(c2ccccc2)C(C)C)[C@H]2COC(C)(C)O2)cc1. The highest BCUT2D eigenvalue weighted by Gasteiger charge is 2.41. The highest BCUT2D eigenvalue weighted by Crippen LogP contribution is 2.37. The molecule has 0 amide bonds. The van der Waals surface area contributed by atoms with Crippen LogP contribution in [0.1, 0.15) is 44.9 Å². The van der Waals surface area contributed by atoms with Gasteiger partial charge >= 0.3 is 0 Å². The first-order valence-electron chi connectivity index (χ1n) is 10.1. The summed E-state index contributed by atoms with van der Waals surface area (Å²) in [5.41, 5.74) is 0.685. The van der Waals surface area contributed by atoms with Crippen molar-refractivity contribution in [1.29, 1.82) is 0 Å². The van der Waals surface area contributed by atoms with Crippen LogP contribution in [0.4, 0.5) is 0 Å². The lowest BCUT2D eigenvalue weighted by Crippen LogP contribution is -2.39. The number of methoxy groups -OCH3 is 1. The molecular weight excluding hydrogens is 368 g/mol. The summed E-state index contributed by atoms with van der Waals surface area (Å²) in [6.07, 6.45) is -0.651. The first-order chi connectivity index (χ1) is 13.7. The topological polar surface area (TPSA) is 57.2 Å². The summed E-state index contributed by atoms with van der Waals surface area (Å²) in [6, 6.07) is 17.4. The summed E-state index contributed by atoms with van der Waals surface area (Å²) < 4.78 is 23.5. The van der Waals surface area contributed by atoms with Gasteiger partial charge in [0.2, 0.25) is 0 Å². The predicted octanol–water partition coefficient (Wildman–Crippen LogP) is 4.45. The minimum atomic E-state index is -1.11. The second-order valence-electron chi connectivity index (χ2n) is 8.32. The largest absolute Gasteiger partial charge is 0.497 e. The number of benzene rings is 2. The molecule has 0 spiro atoms. The molecule has 5 nitrogen and oxygen atoms in total. The number of ether oxygens (including phenoxy) is 4. The third-order valence-corrected chi connectivity index (χ3v) is 5.52. The predicted molar refractivity (Wildman–Crippen MR) is 112 cm³/mol. The van der Waals surface area contributed by atoms with E-state index in [2.05, 4.69) is 0 Å². The van der Waals surface area contributed by atoms with Crippen molar-refractivity contribution in [2.24, 2.45) is 5.92 Å². The van der Waals surface area contributed by atoms with Crippen molar-refractivity contribution >= 4 is 0 Å². The molecule has 1 aliphatic heterocycles. The molecule has 0 aliphatic carbocycles. The highest BCUT2D eigenvalue weighted by molar-refractivity contribution is 5.29. The highest BCUT2D eigenvalue weighted by atomic mass is 16.7. The van der Waals surface area contributed by atoms with Crippen LogP contribution in [-0.4, -0.2) is 37.3 Å². The van der Waals surface area contributed by atoms with Gasteiger partial charge in [0, 0.05) is 0 Å². The minimum Gasteiger partial charge on any atom is -0.497 e. The van der Waals surface area contributed by atoms with Crippen molar-refractivity contribution < 1.29 is 24.1 Å². The maximum Gasteiger partial charge on any atom is 0.163 e. The third-order valence-electron chi connectivity index (χ3n) is 5.52. The van der Waals surface area contributed by atoms with Gasteiger partial charge < -0.3 is 24.1 Å². The number of rotatable bonds is 8. The Kier molecular flexibility index (Phi) is 6.64. The molecule has 1 aliphatic rings. The molecule has 0 radical (unpaired) electrons. The van der Waals surface area contributed by atoms with E-state index in [4.69, 9.17) is 18.9 Å². The maximum atomic E-state index is 11.5. The van der Waals surface area contributed by atoms with Gasteiger partial charge in [0.05, 0.1) is 20.3 Å². The van der Waals surface area contributed by atoms with Crippen molar-refractivity contribution in [3.8, 4) is 5.75 Å². The van der Waals surface area contributed by atoms with Gasteiger partial charge in [-0.25, -0.2) is 0 Å². The van der Waals surface area contributed by atoms with E-state index >= 15 is 0 Å². The Balaban J connectivity index is 1.85. The van der Waals surface area contributed by atoms with Crippen molar-refractivity contribution in [2.75, 3.05) is 20.3 Å². The third kappa shape index (κ3) is 4.98. The molecule has 0 aromatic heterocycles. The van der Waals surface area contributed by atoms with Crippen molar-refractivity contribution in [3.05, 3.63) is 65.7 Å². The molecule has 0 saturated carbocycles. The number of aliphatic hydroxyl groups is 1. The second-order valence-corrected chi connectivity index (χ2v) is 8.32. The molecule has 2 aromatic rings. The molecule has 3 rings (SSSR count). The van der Waals surface area contributed by atoms with Crippen LogP contribution >= 0.6 is 0 Å². The van der Waals surface area contributed by atoms with Gasteiger partial charge in [0.1, 0.15) is 23.6 Å². The summed E-state index contributed by atoms with van der Waals surface area (Å²) in [6.45, 7) is 8.36. The van der Waals surface area contributed by atoms with Gasteiger partial charge in [-0.2, -0.15) is 0 Å². The molecule has 5 heteroatoms. The van der Waals surface area contributed by atoms with E-state index in [1.165, 1.54) is 0 Å². The van der Waals surface area contributed by atoms with Gasteiger partial charge in [-0.05, 0) is 43.0 Å². The molecule has 0 unspecified atom stereocenters. The zero-order valence-corrected chi connectivity index (χ0v) is 17.9. The maximum absolute atomic E-state index is 11.5. The average molecular weight is 401 g/mol. The van der Waals surface area contributed by atoms with Gasteiger partial charge in [-0.15, -0.1) is 0 Å². The summed E-state index contributed by atoms with van der Waals surface area (Å²) >= 11 is 0. The molecule has 3 atom stereocenters. The van der Waals surface area contributed by atoms with E-state index in [0.29, 0.717) is 6.61 Å². The van der Waals surface area contributed by atoms with E-state index in [-0.39, 0.29) is 24.7 Å². The van der Waals surface area contributed by atoms with Crippen LogP contribution in [0.3, 0.4) is 0 Å². The van der Waals surface area contributed by atoms with Crippen LogP contribution in [-0.2, 0) is 19.8 Å². The fourth-order valence-corrected chi connectivity index (χ4v) is 3.60. The Labute approximate surface area is 173 Å². The molecule has 158 valence electrons. The van der Waals surface area contributed by atoms with E-state index in [1.807, 2.05) is 82.3 Å². The van der Waals surface area contributed by atoms with Crippen molar-refractivity contribution in [3.63, 3.8) is 0 Å². The molecule has 29 heavy (non-hydrogen) atoms. The monoisotopic (exact) mass is 400 g/mol. The lowest BCUT2D eigenvalue weighted by molar-refractivity contribution is -0.171. The summed E-state index contributed by atoms with van der Waals surface area (Å²) in [4.78, 5) is 0. The van der Waals surface area contributed by atoms with E-state index in [9.17, 15) is 5.11 Å². The van der Waals surface area contributed by atoms with Crippen LogP contribution in [0.5, 0.6) is 5.75 Å². The molecule has 0 bridgehead atoms. The lowest BCUT2D eigenvalue weighted by Gasteiger charge is -2.35. The molecule has 1 heterocycles. The zero-order valence-electron chi connectivity index (χ0n) is 17.9. The second kappa shape index (κ2) is 8.84. The standard InChI is InChI=1S/C24H32O5/c1-17(2)24(25,19-9-7-6-8-10-19)16-27-22(21-15-28-23(3,4)29-21)18-11-13-20(26-5)14-12-18/h6-14,17,21-22,25H,15-16H2,1-5H3/t21-,22-,24+/m1/s1. The fraction of sp³-hybridized carbons (Fsp3) is 0.500. The van der Waals surface area contributed by atoms with Gasteiger partial charge in [0.15, 0.2) is 5.79 Å². The van der Waals surface area contributed by atoms with E-state index in [0.717, 1.165) is 16.9 Å². The Bertz CT molecular complexity index is 772. The van der Waals surface area contributed by atoms with Crippen molar-refractivity contribution in [2.45, 2.75) is 51.3 Å². The van der Waals surface area contributed by atoms with Gasteiger partial charge in [-0.1, -0.05) is 56.3 Å². The van der Waals surface area contributed by atoms with Crippen LogP contribution in [0.15, 0.2) is 54.6 Å². The lowest BCUT2D eigenvalue weighted by atomic mass is 9.84. The minimum absolute atomic E-state index is 0.0291. The Hall–Kier alpha value is -1.92. The molecular formula is C24H32O5. The Morgan fingerprint density at radius 2 is 1.76 bits per heavy atom. The van der Waals surface area contributed by atoms with Crippen molar-refractivity contribution in [1.82, 2.24) is 0 Å². The molecule has 2 aromatic carbocycles. The van der Waals surface area contributed by atoms with Gasteiger partial charge in [0.25, 0.3) is 0 Å². The quantitative estimate of drug-likeness (QED) is 0.710. The first kappa shape index (κ1) is 21.8. The van der Waals surface area contributed by atoms with E-state index in [1.54, 1.807) is 7.11 Å². The number of hydrogen-bond donors (Lipinski definition) is 1. The van der Waals surface area contributed by atoms with Gasteiger partial charge in [-0.3, -0.25) is 0 Å². The molecule has 1 saturated heterocycles. The number of hydrogen-bond acceptors (Lipinski definition) is 5. The summed E-state index contributed by atoms with van der Waals surface area (Å²) in [5, 5.41) is 11.5. The smallest absolute Gasteiger partial charge is 0.163 e. The van der Waals surface area contributed by atoms with E-state index < -0.39 is 11.4 Å². The van der Waals surface area contributed by atoms with Crippen LogP contribution in [0, 0.1) is 5.92 Å². The molecule has 1 N–H and O–H groups in total. The Morgan fingerprint density at radius 1 is 1.10 bits per heavy atom.